The number of rotatable bonds is 7. The molecule has 3 N–H and O–H groups in total. The normalized spacial score (nSPS) is 21.1. The monoisotopic (exact) mass is 352 g/mol. The van der Waals surface area contributed by atoms with Crippen molar-refractivity contribution in [2.75, 3.05) is 13.1 Å². The van der Waals surface area contributed by atoms with E-state index < -0.39 is 16.0 Å². The number of hydrogen-bond donors (Lipinski definition) is 3. The van der Waals surface area contributed by atoms with Crippen LogP contribution < -0.4 is 4.72 Å². The van der Waals surface area contributed by atoms with Gasteiger partial charge < -0.3 is 10.1 Å². The van der Waals surface area contributed by atoms with E-state index in [2.05, 4.69) is 14.7 Å². The van der Waals surface area contributed by atoms with Crippen LogP contribution in [-0.2, 0) is 14.8 Å². The molecule has 1 fully saturated rings. The molecule has 130 valence electrons. The number of aromatic amines is 1. The predicted molar refractivity (Wildman–Crippen MR) is 88.1 cm³/mol. The number of carboxylic acids is 1. The van der Waals surface area contributed by atoms with Gasteiger partial charge in [0.1, 0.15) is 10.5 Å². The van der Waals surface area contributed by atoms with Gasteiger partial charge in [-0.05, 0) is 31.5 Å². The van der Waals surface area contributed by atoms with Crippen LogP contribution in [0.15, 0.2) is 29.4 Å². The van der Waals surface area contributed by atoms with Gasteiger partial charge in [0.25, 0.3) is 0 Å². The molecule has 1 saturated carbocycles. The molecular weight excluding hydrogens is 332 g/mol. The van der Waals surface area contributed by atoms with Gasteiger partial charge in [-0.25, -0.2) is 18.1 Å². The molecular formula is C15H20N4O4S. The smallest absolute Gasteiger partial charge is 0.317 e. The molecule has 2 aromatic heterocycles. The fourth-order valence-electron chi connectivity index (χ4n) is 3.09. The first-order valence-corrected chi connectivity index (χ1v) is 9.29. The molecule has 1 aliphatic carbocycles. The van der Waals surface area contributed by atoms with Crippen molar-refractivity contribution in [2.45, 2.75) is 36.7 Å². The minimum absolute atomic E-state index is 0.0191. The largest absolute Gasteiger partial charge is 0.480 e. The van der Waals surface area contributed by atoms with E-state index in [4.69, 9.17) is 5.11 Å². The summed E-state index contributed by atoms with van der Waals surface area (Å²) in [5, 5.41) is 9.46. The summed E-state index contributed by atoms with van der Waals surface area (Å²) in [6.07, 6.45) is 4.27. The Morgan fingerprint density at radius 2 is 2.25 bits per heavy atom. The third-order valence-electron chi connectivity index (χ3n) is 4.40. The van der Waals surface area contributed by atoms with Crippen LogP contribution in [0.3, 0.4) is 0 Å². The summed E-state index contributed by atoms with van der Waals surface area (Å²) >= 11 is 0. The van der Waals surface area contributed by atoms with Crippen molar-refractivity contribution < 1.29 is 18.3 Å². The van der Waals surface area contributed by atoms with Crippen LogP contribution in [0.2, 0.25) is 0 Å². The summed E-state index contributed by atoms with van der Waals surface area (Å²) in [6, 6.07) is 3.33. The van der Waals surface area contributed by atoms with Gasteiger partial charge in [0.15, 0.2) is 0 Å². The molecule has 2 heterocycles. The van der Waals surface area contributed by atoms with Gasteiger partial charge >= 0.3 is 5.97 Å². The third kappa shape index (κ3) is 3.28. The number of aliphatic carboxylic acids is 1. The van der Waals surface area contributed by atoms with E-state index in [-0.39, 0.29) is 23.5 Å². The van der Waals surface area contributed by atoms with Crippen LogP contribution in [-0.4, -0.2) is 59.5 Å². The van der Waals surface area contributed by atoms with Crippen molar-refractivity contribution in [3.8, 4) is 0 Å². The molecule has 2 aromatic rings. The maximum atomic E-state index is 12.6. The topological polar surface area (TPSA) is 115 Å². The zero-order chi connectivity index (χ0) is 17.3. The summed E-state index contributed by atoms with van der Waals surface area (Å²) in [5.41, 5.74) is 0.531. The maximum absolute atomic E-state index is 12.6. The number of nitrogens with zero attached hydrogens (tertiary/aromatic N) is 2. The van der Waals surface area contributed by atoms with Crippen molar-refractivity contribution in [2.24, 2.45) is 0 Å². The summed E-state index contributed by atoms with van der Waals surface area (Å²) in [5.74, 6) is -0.868. The number of sulfonamides is 1. The van der Waals surface area contributed by atoms with E-state index in [0.717, 1.165) is 0 Å². The van der Waals surface area contributed by atoms with E-state index in [1.165, 1.54) is 6.20 Å². The van der Waals surface area contributed by atoms with Crippen LogP contribution in [0, 0.1) is 0 Å². The van der Waals surface area contributed by atoms with Crippen LogP contribution >= 0.6 is 0 Å². The van der Waals surface area contributed by atoms with Gasteiger partial charge in [-0.15, -0.1) is 0 Å². The average Bonchev–Trinajstić information content (AvgIpc) is 2.93. The summed E-state index contributed by atoms with van der Waals surface area (Å²) in [7, 11) is -3.64. The van der Waals surface area contributed by atoms with Crippen molar-refractivity contribution in [1.29, 1.82) is 0 Å². The molecule has 0 aliphatic heterocycles. The number of hydrogen-bond acceptors (Lipinski definition) is 5. The second kappa shape index (κ2) is 6.50. The Hall–Kier alpha value is -1.97. The van der Waals surface area contributed by atoms with Crippen LogP contribution in [0.4, 0.5) is 0 Å². The van der Waals surface area contributed by atoms with Gasteiger partial charge in [-0.1, -0.05) is 6.92 Å². The Bertz CT molecular complexity index is 842. The van der Waals surface area contributed by atoms with E-state index >= 15 is 0 Å². The van der Waals surface area contributed by atoms with E-state index in [9.17, 15) is 13.2 Å². The number of carbonyl (C=O) groups is 1. The molecule has 0 atom stereocenters. The fourth-order valence-corrected chi connectivity index (χ4v) is 4.52. The number of carboxylic acid groups (broad SMARTS) is 1. The number of aromatic nitrogens is 2. The highest BCUT2D eigenvalue weighted by Crippen LogP contribution is 2.28. The van der Waals surface area contributed by atoms with E-state index in [1.54, 1.807) is 18.3 Å². The van der Waals surface area contributed by atoms with Crippen LogP contribution in [0.5, 0.6) is 0 Å². The van der Waals surface area contributed by atoms with Gasteiger partial charge in [0.2, 0.25) is 10.0 Å². The Balaban J connectivity index is 1.66. The molecule has 0 aromatic carbocycles. The van der Waals surface area contributed by atoms with Crippen molar-refractivity contribution in [3.63, 3.8) is 0 Å². The van der Waals surface area contributed by atoms with Crippen molar-refractivity contribution >= 4 is 27.0 Å². The predicted octanol–water partition coefficient (Wildman–Crippen LogP) is 0.779. The van der Waals surface area contributed by atoms with E-state index in [1.807, 2.05) is 11.8 Å². The molecule has 8 nitrogen and oxygen atoms in total. The zero-order valence-electron chi connectivity index (χ0n) is 13.3. The zero-order valence-corrected chi connectivity index (χ0v) is 14.1. The first kappa shape index (κ1) is 16.9. The minimum atomic E-state index is -3.64. The first-order chi connectivity index (χ1) is 11.4. The molecule has 0 amide bonds. The average molecular weight is 352 g/mol. The Morgan fingerprint density at radius 1 is 1.50 bits per heavy atom. The van der Waals surface area contributed by atoms with Gasteiger partial charge in [-0.2, -0.15) is 0 Å². The minimum Gasteiger partial charge on any atom is -0.480 e. The van der Waals surface area contributed by atoms with Crippen molar-refractivity contribution in [3.05, 3.63) is 24.5 Å². The Morgan fingerprint density at radius 3 is 2.92 bits per heavy atom. The number of likely N-dealkylation sites (N-methyl/N-ethyl adjacent to an activating group) is 1. The number of pyridine rings is 1. The molecule has 9 heteroatoms. The lowest BCUT2D eigenvalue weighted by Crippen LogP contribution is -2.54. The maximum Gasteiger partial charge on any atom is 0.317 e. The molecule has 0 saturated heterocycles. The molecule has 1 aliphatic rings. The molecule has 0 radical (unpaired) electrons. The number of fused-ring (bicyclic) bond motifs is 1. The molecule has 3 rings (SSSR count). The summed E-state index contributed by atoms with van der Waals surface area (Å²) < 4.78 is 27.8. The van der Waals surface area contributed by atoms with Gasteiger partial charge in [0, 0.05) is 29.9 Å². The Labute approximate surface area is 139 Å². The molecule has 0 spiro atoms. The second-order valence-corrected chi connectivity index (χ2v) is 7.64. The second-order valence-electron chi connectivity index (χ2n) is 5.95. The highest BCUT2D eigenvalue weighted by Gasteiger charge is 2.36. The van der Waals surface area contributed by atoms with Gasteiger partial charge in [0.05, 0.1) is 6.54 Å². The lowest BCUT2D eigenvalue weighted by Gasteiger charge is -2.42. The quantitative estimate of drug-likeness (QED) is 0.678. The lowest BCUT2D eigenvalue weighted by molar-refractivity contribution is -0.139. The van der Waals surface area contributed by atoms with Crippen LogP contribution in [0.1, 0.15) is 19.8 Å². The lowest BCUT2D eigenvalue weighted by atomic mass is 9.86. The standard InChI is InChI=1S/C15H20N4O4S/c1-2-19(9-14(20)21)11-6-10(7-11)18-24(22,23)13-8-17-15-12(13)4-3-5-16-15/h3-5,8,10-11,18H,2,6-7,9H2,1H3,(H,16,17)(H,20,21). The fraction of sp³-hybridized carbons (Fsp3) is 0.467. The number of H-pyrrole nitrogens is 1. The highest BCUT2D eigenvalue weighted by atomic mass is 32.2. The number of nitrogens with one attached hydrogen (secondary N) is 2. The third-order valence-corrected chi connectivity index (χ3v) is 5.96. The van der Waals surface area contributed by atoms with Gasteiger partial charge in [-0.3, -0.25) is 9.69 Å². The molecule has 0 bridgehead atoms. The first-order valence-electron chi connectivity index (χ1n) is 7.81. The van der Waals surface area contributed by atoms with Crippen LogP contribution in [0.25, 0.3) is 11.0 Å². The Kier molecular flexibility index (Phi) is 4.57. The van der Waals surface area contributed by atoms with Crippen molar-refractivity contribution in [1.82, 2.24) is 19.6 Å². The summed E-state index contributed by atoms with van der Waals surface area (Å²) in [4.78, 5) is 19.8. The summed E-state index contributed by atoms with van der Waals surface area (Å²) in [6.45, 7) is 2.51. The molecule has 24 heavy (non-hydrogen) atoms. The highest BCUT2D eigenvalue weighted by molar-refractivity contribution is 7.89. The molecule has 0 unspecified atom stereocenters. The van der Waals surface area contributed by atoms with E-state index in [0.29, 0.717) is 30.4 Å². The SMILES string of the molecule is CCN(CC(=O)O)C1CC(NS(=O)(=O)c2c[nH]c3ncccc23)C1.